The molecule has 10 atom stereocenters. The zero-order chi connectivity index (χ0) is 28.1. The Bertz CT molecular complexity index is 1060. The van der Waals surface area contributed by atoms with Crippen molar-refractivity contribution in [1.82, 2.24) is 0 Å². The van der Waals surface area contributed by atoms with Gasteiger partial charge in [-0.25, -0.2) is 6.57 Å². The van der Waals surface area contributed by atoms with Crippen molar-refractivity contribution in [3.8, 4) is 0 Å². The number of ether oxygens (including phenoxy) is 2. The minimum Gasteiger partial charge on any atom is -0.469 e. The minimum atomic E-state index is -0.938. The molecule has 1 saturated heterocycles. The van der Waals surface area contributed by atoms with Gasteiger partial charge in [0.25, 0.3) is 6.04 Å². The number of rotatable bonds is 1. The Balaban J connectivity index is 1.63. The van der Waals surface area contributed by atoms with Crippen LogP contribution in [0, 0.1) is 56.8 Å². The van der Waals surface area contributed by atoms with Crippen LogP contribution in [0.2, 0.25) is 0 Å². The van der Waals surface area contributed by atoms with Crippen LogP contribution >= 0.6 is 0 Å². The molecule has 0 aromatic rings. The summed E-state index contributed by atoms with van der Waals surface area (Å²) in [4.78, 5) is 30.6. The Hall–Kier alpha value is -1.45. The van der Waals surface area contributed by atoms with Crippen molar-refractivity contribution in [3.05, 3.63) is 11.4 Å². The van der Waals surface area contributed by atoms with Gasteiger partial charge >= 0.3 is 5.97 Å². The molecule has 6 nitrogen and oxygen atoms in total. The molecule has 4 saturated carbocycles. The first-order valence-electron chi connectivity index (χ1n) is 14.9. The number of nitrogens with zero attached hydrogens (tertiary/aromatic N) is 1. The zero-order valence-corrected chi connectivity index (χ0v) is 24.9. The highest BCUT2D eigenvalue weighted by molar-refractivity contribution is 5.92. The molecule has 1 N–H and O–H groups in total. The number of aliphatic hydroxyl groups is 1. The molecular formula is C32H49NO5. The maximum atomic E-state index is 13.5. The number of aliphatic hydroxyl groups excluding tert-OH is 1. The number of Topliss-reactive ketones (excluding diaryl/α,β-unsaturated/α-hetero) is 1. The van der Waals surface area contributed by atoms with Gasteiger partial charge in [0.15, 0.2) is 6.29 Å². The van der Waals surface area contributed by atoms with Gasteiger partial charge in [0.1, 0.15) is 0 Å². The first-order chi connectivity index (χ1) is 17.5. The molecule has 0 spiro atoms. The van der Waals surface area contributed by atoms with E-state index >= 15 is 0 Å². The van der Waals surface area contributed by atoms with E-state index in [0.717, 1.165) is 44.9 Å². The Labute approximate surface area is 229 Å². The van der Waals surface area contributed by atoms with Gasteiger partial charge in [-0.3, -0.25) is 9.59 Å². The molecule has 0 radical (unpaired) electrons. The molecule has 5 aliphatic rings. The molecule has 1 aliphatic heterocycles. The summed E-state index contributed by atoms with van der Waals surface area (Å²) in [5.41, 5.74) is -1.72. The maximum absolute atomic E-state index is 13.5. The van der Waals surface area contributed by atoms with Gasteiger partial charge in [-0.2, -0.15) is 0 Å². The monoisotopic (exact) mass is 527 g/mol. The van der Waals surface area contributed by atoms with E-state index in [1.807, 2.05) is 13.8 Å². The highest BCUT2D eigenvalue weighted by atomic mass is 16.6. The Morgan fingerprint density at radius 1 is 0.974 bits per heavy atom. The highest BCUT2D eigenvalue weighted by Crippen LogP contribution is 2.74. The van der Waals surface area contributed by atoms with Crippen LogP contribution in [-0.4, -0.2) is 42.4 Å². The van der Waals surface area contributed by atoms with E-state index in [1.54, 1.807) is 0 Å². The van der Waals surface area contributed by atoms with Crippen molar-refractivity contribution < 1.29 is 24.2 Å². The molecule has 0 aromatic heterocycles. The molecule has 0 amide bonds. The number of carbonyl (C=O) groups excluding carboxylic acids is 2. The van der Waals surface area contributed by atoms with Crippen molar-refractivity contribution in [3.63, 3.8) is 0 Å². The fourth-order valence-electron chi connectivity index (χ4n) is 11.1. The summed E-state index contributed by atoms with van der Waals surface area (Å²) < 4.78 is 12.2. The molecule has 5 rings (SSSR count). The molecule has 5 fully saturated rings. The Kier molecular flexibility index (Phi) is 6.30. The summed E-state index contributed by atoms with van der Waals surface area (Å²) >= 11 is 0. The van der Waals surface area contributed by atoms with Crippen LogP contribution in [0.1, 0.15) is 106 Å². The number of methoxy groups -OCH3 is 1. The quantitative estimate of drug-likeness (QED) is 0.324. The SMILES string of the molecule is [C-]#[N+]C1C[C@]2(C)[C@H]3CC(O)O[C@@H]4[C@@H]5CC(C)(C)CC[C@]5(C(=O)OC)CC[C@@]4(C)[C@]3(C)CC[C@H]2C(C)(C)C1=O. The predicted octanol–water partition coefficient (Wildman–Crippen LogP) is 6.21. The third-order valence-corrected chi connectivity index (χ3v) is 13.4. The lowest BCUT2D eigenvalue weighted by atomic mass is 9.35. The molecule has 212 valence electrons. The maximum Gasteiger partial charge on any atom is 0.312 e. The van der Waals surface area contributed by atoms with Crippen molar-refractivity contribution in [2.45, 2.75) is 125 Å². The molecule has 0 bridgehead atoms. The topological polar surface area (TPSA) is 77.2 Å². The van der Waals surface area contributed by atoms with Crippen LogP contribution in [0.3, 0.4) is 0 Å². The van der Waals surface area contributed by atoms with Crippen LogP contribution in [0.5, 0.6) is 0 Å². The Morgan fingerprint density at radius 2 is 1.63 bits per heavy atom. The lowest BCUT2D eigenvalue weighted by Gasteiger charge is -2.68. The summed E-state index contributed by atoms with van der Waals surface area (Å²) in [5.74, 6) is 0.216. The van der Waals surface area contributed by atoms with Crippen LogP contribution in [0.15, 0.2) is 0 Å². The highest BCUT2D eigenvalue weighted by Gasteiger charge is 2.73. The number of esters is 1. The van der Waals surface area contributed by atoms with Gasteiger partial charge in [0.2, 0.25) is 5.78 Å². The molecular weight excluding hydrogens is 478 g/mol. The molecule has 2 unspecified atom stereocenters. The van der Waals surface area contributed by atoms with E-state index in [2.05, 4.69) is 39.5 Å². The van der Waals surface area contributed by atoms with Crippen LogP contribution < -0.4 is 0 Å². The van der Waals surface area contributed by atoms with Gasteiger partial charge in [-0.1, -0.05) is 48.5 Å². The number of hydrogen-bond donors (Lipinski definition) is 1. The van der Waals surface area contributed by atoms with Gasteiger partial charge in [0, 0.05) is 24.2 Å². The van der Waals surface area contributed by atoms with Crippen molar-refractivity contribution >= 4 is 11.8 Å². The van der Waals surface area contributed by atoms with E-state index in [4.69, 9.17) is 16.0 Å². The van der Waals surface area contributed by atoms with E-state index in [9.17, 15) is 14.7 Å². The third-order valence-electron chi connectivity index (χ3n) is 13.4. The first-order valence-corrected chi connectivity index (χ1v) is 14.9. The summed E-state index contributed by atoms with van der Waals surface area (Å²) in [6.45, 7) is 23.6. The molecule has 4 aliphatic carbocycles. The minimum absolute atomic E-state index is 0.0198. The first kappa shape index (κ1) is 28.1. The number of carbonyl (C=O) groups is 2. The number of ketones is 1. The van der Waals surface area contributed by atoms with Gasteiger partial charge in [0.05, 0.1) is 18.6 Å². The number of hydrogen-bond acceptors (Lipinski definition) is 5. The molecule has 0 aromatic carbocycles. The zero-order valence-electron chi connectivity index (χ0n) is 24.9. The van der Waals surface area contributed by atoms with E-state index in [-0.39, 0.29) is 57.3 Å². The van der Waals surface area contributed by atoms with Gasteiger partial charge in [-0.15, -0.1) is 0 Å². The largest absolute Gasteiger partial charge is 0.469 e. The number of fused-ring (bicyclic) bond motifs is 7. The Morgan fingerprint density at radius 3 is 2.26 bits per heavy atom. The third kappa shape index (κ3) is 3.49. The fourth-order valence-corrected chi connectivity index (χ4v) is 11.1. The standard InChI is InChI=1S/C32H49NO5/c1-27(2)12-14-32(26(36)37-9)15-13-31(7)25(19(32)17-27)38-23(34)16-22-29(5)18-20(33-8)24(35)28(3,4)21(29)10-11-30(22,31)6/h19-23,25,34H,10-18H2,1-7,9H3/t19-,20?,21-,22+,23?,25+,29-,30+,31+,32-/m0/s1. The summed E-state index contributed by atoms with van der Waals surface area (Å²) in [5, 5.41) is 11.5. The average Bonchev–Trinajstić information content (AvgIpc) is 2.93. The van der Waals surface area contributed by atoms with Gasteiger partial charge < -0.3 is 19.4 Å². The molecule has 1 heterocycles. The van der Waals surface area contributed by atoms with E-state index in [1.165, 1.54) is 7.11 Å². The summed E-state index contributed by atoms with van der Waals surface area (Å²) in [6, 6.07) is -0.629. The lowest BCUT2D eigenvalue weighted by molar-refractivity contribution is -0.249. The van der Waals surface area contributed by atoms with Crippen molar-refractivity contribution in [1.29, 1.82) is 0 Å². The average molecular weight is 528 g/mol. The van der Waals surface area contributed by atoms with Crippen LogP contribution in [-0.2, 0) is 19.1 Å². The van der Waals surface area contributed by atoms with E-state index < -0.39 is 23.2 Å². The van der Waals surface area contributed by atoms with Crippen LogP contribution in [0.4, 0.5) is 0 Å². The molecule has 38 heavy (non-hydrogen) atoms. The normalized spacial score (nSPS) is 51.2. The lowest BCUT2D eigenvalue weighted by Crippen LogP contribution is -2.67. The second kappa shape index (κ2) is 8.53. The van der Waals surface area contributed by atoms with E-state index in [0.29, 0.717) is 12.8 Å². The predicted molar refractivity (Wildman–Crippen MR) is 145 cm³/mol. The van der Waals surface area contributed by atoms with Crippen molar-refractivity contribution in [2.24, 2.45) is 50.2 Å². The van der Waals surface area contributed by atoms with Gasteiger partial charge in [-0.05, 0) is 78.4 Å². The second-order valence-electron chi connectivity index (χ2n) is 15.8. The summed E-state index contributed by atoms with van der Waals surface area (Å²) in [7, 11) is 1.50. The second-order valence-corrected chi connectivity index (χ2v) is 15.8. The summed E-state index contributed by atoms with van der Waals surface area (Å²) in [6.07, 6.45) is 6.04. The fraction of sp³-hybridized carbons (Fsp3) is 0.906. The smallest absolute Gasteiger partial charge is 0.312 e. The van der Waals surface area contributed by atoms with Crippen molar-refractivity contribution in [2.75, 3.05) is 7.11 Å². The van der Waals surface area contributed by atoms with Crippen LogP contribution in [0.25, 0.3) is 4.85 Å². The molecule has 6 heteroatoms.